The van der Waals surface area contributed by atoms with E-state index in [-0.39, 0.29) is 12.0 Å². The first-order valence-electron chi connectivity index (χ1n) is 6.46. The summed E-state index contributed by atoms with van der Waals surface area (Å²) in [6, 6.07) is 0. The van der Waals surface area contributed by atoms with Gasteiger partial charge < -0.3 is 14.7 Å². The zero-order chi connectivity index (χ0) is 13.5. The standard InChI is InChI=1S/C13H24N2O3/c1-4-9-18-12(3)13(17)15-7-5-14(6-8-15)10-11(2)16/h4,11-12,16H,1,5-10H2,2-3H3/t11-,12-/m0/s1. The Hall–Kier alpha value is -0.910. The minimum absolute atomic E-state index is 0.0357. The summed E-state index contributed by atoms with van der Waals surface area (Å²) in [4.78, 5) is 16.0. The number of carbonyl (C=O) groups excluding carboxylic acids is 1. The molecular weight excluding hydrogens is 232 g/mol. The normalized spacial score (nSPS) is 20.5. The van der Waals surface area contributed by atoms with E-state index in [1.165, 1.54) is 0 Å². The van der Waals surface area contributed by atoms with E-state index in [1.54, 1.807) is 19.9 Å². The molecule has 1 heterocycles. The summed E-state index contributed by atoms with van der Waals surface area (Å²) in [7, 11) is 0. The second-order valence-electron chi connectivity index (χ2n) is 4.74. The maximum atomic E-state index is 12.0. The third-order valence-electron chi connectivity index (χ3n) is 3.02. The summed E-state index contributed by atoms with van der Waals surface area (Å²) in [5.41, 5.74) is 0. The van der Waals surface area contributed by atoms with E-state index < -0.39 is 6.10 Å². The van der Waals surface area contributed by atoms with Crippen molar-refractivity contribution in [2.45, 2.75) is 26.1 Å². The van der Waals surface area contributed by atoms with E-state index in [0.717, 1.165) is 13.1 Å². The van der Waals surface area contributed by atoms with E-state index in [4.69, 9.17) is 4.74 Å². The molecule has 1 N–H and O–H groups in total. The lowest BCUT2D eigenvalue weighted by Crippen LogP contribution is -2.52. The first kappa shape index (κ1) is 15.1. The predicted molar refractivity (Wildman–Crippen MR) is 70.3 cm³/mol. The Kier molecular flexibility index (Phi) is 6.32. The van der Waals surface area contributed by atoms with Gasteiger partial charge >= 0.3 is 0 Å². The van der Waals surface area contributed by atoms with Crippen molar-refractivity contribution in [3.8, 4) is 0 Å². The molecule has 0 spiro atoms. The van der Waals surface area contributed by atoms with E-state index in [2.05, 4.69) is 11.5 Å². The zero-order valence-electron chi connectivity index (χ0n) is 11.3. The number of aliphatic hydroxyl groups excluding tert-OH is 1. The van der Waals surface area contributed by atoms with Gasteiger partial charge in [0.25, 0.3) is 5.91 Å². The Morgan fingerprint density at radius 2 is 2.00 bits per heavy atom. The molecule has 2 atom stereocenters. The first-order valence-corrected chi connectivity index (χ1v) is 6.46. The summed E-state index contributed by atoms with van der Waals surface area (Å²) >= 11 is 0. The van der Waals surface area contributed by atoms with Crippen LogP contribution in [0.2, 0.25) is 0 Å². The van der Waals surface area contributed by atoms with Crippen molar-refractivity contribution >= 4 is 5.91 Å². The van der Waals surface area contributed by atoms with Crippen molar-refractivity contribution < 1.29 is 14.6 Å². The number of hydrogen-bond donors (Lipinski definition) is 1. The average Bonchev–Trinajstić information content (AvgIpc) is 2.35. The fraction of sp³-hybridized carbons (Fsp3) is 0.769. The predicted octanol–water partition coefficient (Wildman–Crippen LogP) is 0.103. The lowest BCUT2D eigenvalue weighted by molar-refractivity contribution is -0.143. The van der Waals surface area contributed by atoms with Crippen molar-refractivity contribution in [1.82, 2.24) is 9.80 Å². The molecule has 0 radical (unpaired) electrons. The van der Waals surface area contributed by atoms with Gasteiger partial charge in [-0.2, -0.15) is 0 Å². The Bertz CT molecular complexity index is 273. The van der Waals surface area contributed by atoms with Crippen LogP contribution in [-0.4, -0.2) is 72.4 Å². The van der Waals surface area contributed by atoms with Gasteiger partial charge in [-0.15, -0.1) is 6.58 Å². The smallest absolute Gasteiger partial charge is 0.251 e. The van der Waals surface area contributed by atoms with E-state index in [1.807, 2.05) is 4.90 Å². The van der Waals surface area contributed by atoms with Crippen LogP contribution in [0.25, 0.3) is 0 Å². The van der Waals surface area contributed by atoms with Gasteiger partial charge in [0.05, 0.1) is 12.7 Å². The van der Waals surface area contributed by atoms with Crippen LogP contribution in [0.5, 0.6) is 0 Å². The Morgan fingerprint density at radius 1 is 1.39 bits per heavy atom. The second-order valence-corrected chi connectivity index (χ2v) is 4.74. The molecule has 1 amide bonds. The molecule has 0 aliphatic carbocycles. The van der Waals surface area contributed by atoms with E-state index in [0.29, 0.717) is 26.2 Å². The van der Waals surface area contributed by atoms with Gasteiger partial charge in [0.2, 0.25) is 0 Å². The van der Waals surface area contributed by atoms with Crippen LogP contribution in [-0.2, 0) is 9.53 Å². The number of hydrogen-bond acceptors (Lipinski definition) is 4. The van der Waals surface area contributed by atoms with Gasteiger partial charge in [0, 0.05) is 32.7 Å². The zero-order valence-corrected chi connectivity index (χ0v) is 11.3. The first-order chi connectivity index (χ1) is 8.54. The fourth-order valence-corrected chi connectivity index (χ4v) is 2.07. The van der Waals surface area contributed by atoms with Crippen LogP contribution in [0.3, 0.4) is 0 Å². The summed E-state index contributed by atoms with van der Waals surface area (Å²) in [5.74, 6) is 0.0357. The summed E-state index contributed by atoms with van der Waals surface area (Å²) in [6.45, 7) is 11.2. The van der Waals surface area contributed by atoms with Gasteiger partial charge in [-0.05, 0) is 13.8 Å². The molecule has 1 saturated heterocycles. The summed E-state index contributed by atoms with van der Waals surface area (Å²) < 4.78 is 5.33. The highest BCUT2D eigenvalue weighted by Gasteiger charge is 2.25. The number of β-amino-alcohol motifs (C(OH)–C–C–N with tert-alkyl or cyclic N) is 1. The molecule has 1 aliphatic rings. The van der Waals surface area contributed by atoms with Crippen molar-refractivity contribution in [3.63, 3.8) is 0 Å². The van der Waals surface area contributed by atoms with Crippen molar-refractivity contribution in [1.29, 1.82) is 0 Å². The molecule has 0 aromatic heterocycles. The fourth-order valence-electron chi connectivity index (χ4n) is 2.07. The molecule has 1 aliphatic heterocycles. The highest BCUT2D eigenvalue weighted by molar-refractivity contribution is 5.80. The van der Waals surface area contributed by atoms with Gasteiger partial charge in [-0.3, -0.25) is 9.69 Å². The highest BCUT2D eigenvalue weighted by Crippen LogP contribution is 2.06. The lowest BCUT2D eigenvalue weighted by Gasteiger charge is -2.36. The quantitative estimate of drug-likeness (QED) is 0.685. The molecular formula is C13H24N2O3. The van der Waals surface area contributed by atoms with Gasteiger partial charge in [0.1, 0.15) is 6.10 Å². The SMILES string of the molecule is C=CCO[C@@H](C)C(=O)N1CCN(C[C@H](C)O)CC1. The van der Waals surface area contributed by atoms with Crippen LogP contribution in [0.4, 0.5) is 0 Å². The largest absolute Gasteiger partial charge is 0.392 e. The molecule has 104 valence electrons. The van der Waals surface area contributed by atoms with E-state index >= 15 is 0 Å². The monoisotopic (exact) mass is 256 g/mol. The molecule has 0 unspecified atom stereocenters. The lowest BCUT2D eigenvalue weighted by atomic mass is 10.2. The van der Waals surface area contributed by atoms with Crippen molar-refractivity contribution in [2.75, 3.05) is 39.3 Å². The molecule has 5 heteroatoms. The van der Waals surface area contributed by atoms with Crippen molar-refractivity contribution in [3.05, 3.63) is 12.7 Å². The molecule has 5 nitrogen and oxygen atoms in total. The van der Waals surface area contributed by atoms with Gasteiger partial charge in [-0.1, -0.05) is 6.08 Å². The number of amides is 1. The number of rotatable bonds is 6. The Balaban J connectivity index is 2.33. The van der Waals surface area contributed by atoms with Gasteiger partial charge in [0.15, 0.2) is 0 Å². The molecule has 0 saturated carbocycles. The molecule has 0 aromatic carbocycles. The summed E-state index contributed by atoms with van der Waals surface area (Å²) in [5, 5.41) is 9.31. The number of ether oxygens (including phenoxy) is 1. The highest BCUT2D eigenvalue weighted by atomic mass is 16.5. The Morgan fingerprint density at radius 3 is 2.50 bits per heavy atom. The average molecular weight is 256 g/mol. The number of piperazine rings is 1. The number of aliphatic hydroxyl groups is 1. The molecule has 0 bridgehead atoms. The van der Waals surface area contributed by atoms with Crippen LogP contribution in [0.1, 0.15) is 13.8 Å². The molecule has 18 heavy (non-hydrogen) atoms. The van der Waals surface area contributed by atoms with Crippen LogP contribution in [0, 0.1) is 0 Å². The molecule has 1 fully saturated rings. The molecule has 0 aromatic rings. The van der Waals surface area contributed by atoms with E-state index in [9.17, 15) is 9.90 Å². The number of carbonyl (C=O) groups is 1. The number of nitrogens with zero attached hydrogens (tertiary/aromatic N) is 2. The third-order valence-corrected chi connectivity index (χ3v) is 3.02. The van der Waals surface area contributed by atoms with Crippen LogP contribution in [0.15, 0.2) is 12.7 Å². The minimum Gasteiger partial charge on any atom is -0.392 e. The minimum atomic E-state index is -0.411. The van der Waals surface area contributed by atoms with Gasteiger partial charge in [-0.25, -0.2) is 0 Å². The van der Waals surface area contributed by atoms with Crippen LogP contribution < -0.4 is 0 Å². The molecule has 1 rings (SSSR count). The second kappa shape index (κ2) is 7.51. The topological polar surface area (TPSA) is 53.0 Å². The maximum absolute atomic E-state index is 12.0. The maximum Gasteiger partial charge on any atom is 0.251 e. The van der Waals surface area contributed by atoms with Crippen LogP contribution >= 0.6 is 0 Å². The summed E-state index contributed by atoms with van der Waals surface area (Å²) in [6.07, 6.45) is 0.915. The van der Waals surface area contributed by atoms with Crippen molar-refractivity contribution in [2.24, 2.45) is 0 Å². The third kappa shape index (κ3) is 4.76. The Labute approximate surface area is 109 Å².